The normalized spacial score (nSPS) is 13.7. The van der Waals surface area contributed by atoms with Gasteiger partial charge < -0.3 is 10.2 Å². The first kappa shape index (κ1) is 23.1. The van der Waals surface area contributed by atoms with Gasteiger partial charge in [-0.15, -0.1) is 0 Å². The maximum Gasteiger partial charge on any atom is 0.264 e. The number of para-hydroxylation sites is 1. The van der Waals surface area contributed by atoms with Crippen molar-refractivity contribution >= 4 is 44.6 Å². The van der Waals surface area contributed by atoms with Gasteiger partial charge >= 0.3 is 0 Å². The Hall–Kier alpha value is -3.03. The van der Waals surface area contributed by atoms with Gasteiger partial charge in [-0.1, -0.05) is 41.4 Å². The van der Waals surface area contributed by atoms with E-state index in [1.165, 1.54) is 25.0 Å². The highest BCUT2D eigenvalue weighted by Gasteiger charge is 2.28. The maximum atomic E-state index is 13.5. The number of nitrogens with zero attached hydrogens (tertiary/aromatic N) is 2. The van der Waals surface area contributed by atoms with Crippen molar-refractivity contribution in [1.82, 2.24) is 0 Å². The lowest BCUT2D eigenvalue weighted by molar-refractivity contribution is -0.114. The zero-order valence-electron chi connectivity index (χ0n) is 18.4. The van der Waals surface area contributed by atoms with Crippen LogP contribution in [0.3, 0.4) is 0 Å². The molecule has 0 aliphatic carbocycles. The van der Waals surface area contributed by atoms with E-state index in [0.717, 1.165) is 28.6 Å². The Labute approximate surface area is 199 Å². The summed E-state index contributed by atoms with van der Waals surface area (Å²) in [6, 6.07) is 20.7. The molecule has 0 aromatic heterocycles. The number of hydrogen-bond donors (Lipinski definition) is 1. The Morgan fingerprint density at radius 2 is 1.61 bits per heavy atom. The Kier molecular flexibility index (Phi) is 6.91. The van der Waals surface area contributed by atoms with Crippen molar-refractivity contribution in [2.75, 3.05) is 34.2 Å². The van der Waals surface area contributed by atoms with Gasteiger partial charge in [0, 0.05) is 24.5 Å². The first-order chi connectivity index (χ1) is 15.8. The summed E-state index contributed by atoms with van der Waals surface area (Å²) >= 11 is 6.32. The topological polar surface area (TPSA) is 69.7 Å². The first-order valence-corrected chi connectivity index (χ1v) is 12.7. The zero-order valence-corrected chi connectivity index (χ0v) is 19.9. The minimum Gasteiger partial charge on any atom is -0.372 e. The third-order valence-corrected chi connectivity index (χ3v) is 7.73. The van der Waals surface area contributed by atoms with Crippen LogP contribution in [0.5, 0.6) is 0 Å². The number of hydrogen-bond acceptors (Lipinski definition) is 4. The molecule has 0 atom stereocenters. The molecule has 1 aliphatic rings. The van der Waals surface area contributed by atoms with Crippen molar-refractivity contribution in [3.63, 3.8) is 0 Å². The van der Waals surface area contributed by atoms with E-state index in [1.54, 1.807) is 36.4 Å². The van der Waals surface area contributed by atoms with Gasteiger partial charge in [0.25, 0.3) is 10.0 Å². The second kappa shape index (κ2) is 9.85. The Bertz CT molecular complexity index is 1220. The molecule has 0 unspecified atom stereocenters. The van der Waals surface area contributed by atoms with Crippen molar-refractivity contribution in [1.29, 1.82) is 0 Å². The molecule has 8 heteroatoms. The average molecular weight is 484 g/mol. The molecule has 1 fully saturated rings. The lowest BCUT2D eigenvalue weighted by Crippen LogP contribution is -2.38. The van der Waals surface area contributed by atoms with Gasteiger partial charge in [0.1, 0.15) is 6.54 Å². The molecular formula is C25H26ClN3O3S. The van der Waals surface area contributed by atoms with Crippen LogP contribution in [0.4, 0.5) is 17.1 Å². The molecule has 0 spiro atoms. The molecule has 0 saturated carbocycles. The molecular weight excluding hydrogens is 458 g/mol. The number of amides is 1. The highest BCUT2D eigenvalue weighted by atomic mass is 35.5. The SMILES string of the molecule is Cc1ccc(S(=O)(=O)N(CC(=O)Nc2ccc(N3CCCC3)cc2)c2ccccc2Cl)cc1. The predicted octanol–water partition coefficient (Wildman–Crippen LogP) is 5.08. The fraction of sp³-hybridized carbons (Fsp3) is 0.240. The number of aryl methyl sites for hydroxylation is 1. The van der Waals surface area contributed by atoms with Crippen LogP contribution >= 0.6 is 11.6 Å². The highest BCUT2D eigenvalue weighted by molar-refractivity contribution is 7.92. The number of carbonyl (C=O) groups excluding carboxylic acids is 1. The van der Waals surface area contributed by atoms with Crippen molar-refractivity contribution in [2.24, 2.45) is 0 Å². The summed E-state index contributed by atoms with van der Waals surface area (Å²) in [4.78, 5) is 15.3. The van der Waals surface area contributed by atoms with Gasteiger partial charge in [0.05, 0.1) is 15.6 Å². The lowest BCUT2D eigenvalue weighted by atomic mass is 10.2. The molecule has 4 rings (SSSR count). The van der Waals surface area contributed by atoms with E-state index in [4.69, 9.17) is 11.6 Å². The van der Waals surface area contributed by atoms with Crippen LogP contribution in [0.2, 0.25) is 5.02 Å². The molecule has 1 N–H and O–H groups in total. The summed E-state index contributed by atoms with van der Waals surface area (Å²) < 4.78 is 28.0. The summed E-state index contributed by atoms with van der Waals surface area (Å²) in [7, 11) is -4.02. The van der Waals surface area contributed by atoms with E-state index in [-0.39, 0.29) is 15.6 Å². The van der Waals surface area contributed by atoms with E-state index >= 15 is 0 Å². The van der Waals surface area contributed by atoms with E-state index in [9.17, 15) is 13.2 Å². The highest BCUT2D eigenvalue weighted by Crippen LogP contribution is 2.30. The van der Waals surface area contributed by atoms with Crippen molar-refractivity contribution < 1.29 is 13.2 Å². The number of rotatable bonds is 7. The van der Waals surface area contributed by atoms with Crippen LogP contribution in [0.1, 0.15) is 18.4 Å². The third-order valence-electron chi connectivity index (χ3n) is 5.64. The Balaban J connectivity index is 1.57. The van der Waals surface area contributed by atoms with Crippen LogP contribution in [0.25, 0.3) is 0 Å². The van der Waals surface area contributed by atoms with Crippen LogP contribution in [-0.4, -0.2) is 34.0 Å². The summed E-state index contributed by atoms with van der Waals surface area (Å²) in [6.45, 7) is 3.54. The fourth-order valence-corrected chi connectivity index (χ4v) is 5.58. The van der Waals surface area contributed by atoms with E-state index in [0.29, 0.717) is 5.69 Å². The van der Waals surface area contributed by atoms with E-state index < -0.39 is 22.5 Å². The smallest absolute Gasteiger partial charge is 0.264 e. The van der Waals surface area contributed by atoms with Crippen molar-refractivity contribution in [3.8, 4) is 0 Å². The minimum atomic E-state index is -4.02. The first-order valence-electron chi connectivity index (χ1n) is 10.8. The molecule has 6 nitrogen and oxygen atoms in total. The van der Waals surface area contributed by atoms with Crippen molar-refractivity contribution in [2.45, 2.75) is 24.7 Å². The second-order valence-corrected chi connectivity index (χ2v) is 10.3. The number of benzene rings is 3. The molecule has 172 valence electrons. The Morgan fingerprint density at radius 1 is 0.970 bits per heavy atom. The molecule has 1 saturated heterocycles. The number of carbonyl (C=O) groups is 1. The monoisotopic (exact) mass is 483 g/mol. The second-order valence-electron chi connectivity index (χ2n) is 8.07. The summed E-state index contributed by atoms with van der Waals surface area (Å²) in [5.74, 6) is -0.459. The summed E-state index contributed by atoms with van der Waals surface area (Å²) in [5, 5.41) is 3.05. The molecule has 0 radical (unpaired) electrons. The van der Waals surface area contributed by atoms with Gasteiger partial charge in [-0.2, -0.15) is 0 Å². The number of halogens is 1. The summed E-state index contributed by atoms with van der Waals surface area (Å²) in [6.07, 6.45) is 2.37. The predicted molar refractivity (Wildman–Crippen MR) is 134 cm³/mol. The molecule has 3 aromatic rings. The van der Waals surface area contributed by atoms with E-state index in [1.807, 2.05) is 31.2 Å². The standard InChI is InChI=1S/C25H26ClN3O3S/c1-19-8-14-22(15-9-19)33(31,32)29(24-7-3-2-6-23(24)26)18-25(30)27-20-10-12-21(13-11-20)28-16-4-5-17-28/h2-3,6-15H,4-5,16-18H2,1H3,(H,27,30). The molecule has 3 aromatic carbocycles. The molecule has 1 amide bonds. The number of nitrogens with one attached hydrogen (secondary N) is 1. The van der Waals surface area contributed by atoms with E-state index in [2.05, 4.69) is 10.2 Å². The van der Waals surface area contributed by atoms with Crippen LogP contribution < -0.4 is 14.5 Å². The maximum absolute atomic E-state index is 13.5. The van der Waals surface area contributed by atoms with Gasteiger partial charge in [0.2, 0.25) is 5.91 Å². The molecule has 33 heavy (non-hydrogen) atoms. The van der Waals surface area contributed by atoms with Crippen LogP contribution in [-0.2, 0) is 14.8 Å². The zero-order chi connectivity index (χ0) is 23.4. The number of anilines is 3. The average Bonchev–Trinajstić information content (AvgIpc) is 3.34. The van der Waals surface area contributed by atoms with Gasteiger partial charge in [-0.3, -0.25) is 9.10 Å². The Morgan fingerprint density at radius 3 is 2.24 bits per heavy atom. The molecule has 0 bridgehead atoms. The molecule has 1 heterocycles. The minimum absolute atomic E-state index is 0.0933. The van der Waals surface area contributed by atoms with Gasteiger partial charge in [-0.05, 0) is 68.3 Å². The fourth-order valence-electron chi connectivity index (χ4n) is 3.85. The van der Waals surface area contributed by atoms with Crippen LogP contribution in [0.15, 0.2) is 77.7 Å². The quantitative estimate of drug-likeness (QED) is 0.508. The van der Waals surface area contributed by atoms with Gasteiger partial charge in [0.15, 0.2) is 0 Å². The largest absolute Gasteiger partial charge is 0.372 e. The lowest BCUT2D eigenvalue weighted by Gasteiger charge is -2.25. The number of sulfonamides is 1. The third kappa shape index (κ3) is 5.31. The van der Waals surface area contributed by atoms with Crippen molar-refractivity contribution in [3.05, 3.63) is 83.4 Å². The van der Waals surface area contributed by atoms with Crippen LogP contribution in [0, 0.1) is 6.92 Å². The molecule has 1 aliphatic heterocycles. The van der Waals surface area contributed by atoms with Gasteiger partial charge in [-0.25, -0.2) is 8.42 Å². The summed E-state index contributed by atoms with van der Waals surface area (Å²) in [5.41, 5.74) is 2.91.